The summed E-state index contributed by atoms with van der Waals surface area (Å²) in [6.07, 6.45) is -3.73. The van der Waals surface area contributed by atoms with Crippen LogP contribution in [0.5, 0.6) is 0 Å². The van der Waals surface area contributed by atoms with Crippen molar-refractivity contribution in [1.82, 2.24) is 5.32 Å². The maximum absolute atomic E-state index is 10.7. The summed E-state index contributed by atoms with van der Waals surface area (Å²) < 4.78 is 9.85. The standard InChI is InChI=1S/C8H15NO4.C6H10O5.3H2O.2H2/c1-5(11)9-6-2-7(12)8(3-10)13-4-6;7-3-1-5(6(9)10)11-2-4(3)8;;;;;/h6-8,10,12H,2-4H2,1H3,(H,9,11);3-5,7-8H,1-2H2,(H,9,10);3*1H2;2*1H/t6?,7-,8?;3-,4?,5?;;;;;/m01...../s1. The average molecular weight is 409 g/mol. The molecule has 2 aliphatic rings. The van der Waals surface area contributed by atoms with Crippen LogP contribution >= 0.6 is 0 Å². The van der Waals surface area contributed by atoms with E-state index in [1.54, 1.807) is 0 Å². The summed E-state index contributed by atoms with van der Waals surface area (Å²) in [6.45, 7) is 1.47. The number of aliphatic hydroxyl groups excluding tert-OH is 4. The van der Waals surface area contributed by atoms with Gasteiger partial charge in [-0.25, -0.2) is 4.79 Å². The summed E-state index contributed by atoms with van der Waals surface area (Å²) in [6, 6.07) is -0.143. The molecular formula is C14H35NO12. The van der Waals surface area contributed by atoms with Crippen molar-refractivity contribution < 1.29 is 63.9 Å². The third kappa shape index (κ3) is 10.5. The molecule has 13 heteroatoms. The van der Waals surface area contributed by atoms with Gasteiger partial charge in [0.25, 0.3) is 0 Å². The second kappa shape index (κ2) is 14.6. The number of carbonyl (C=O) groups excluding carboxylic acids is 1. The zero-order valence-corrected chi connectivity index (χ0v) is 14.9. The molecule has 2 saturated heterocycles. The Kier molecular flexibility index (Phi) is 16.4. The van der Waals surface area contributed by atoms with E-state index in [1.165, 1.54) is 6.92 Å². The number of ether oxygens (including phenoxy) is 2. The lowest BCUT2D eigenvalue weighted by Gasteiger charge is -2.32. The SMILES string of the molecule is CC(=O)NC1COC(CO)[C@@H](O)C1.O.O.O.O=C(O)C1C[C@@H](O)C(O)CO1.[HH].[HH]. The Bertz CT molecular complexity index is 433. The number of aliphatic hydroxyl groups is 4. The topological polar surface area (TPSA) is 260 Å². The Morgan fingerprint density at radius 3 is 2.00 bits per heavy atom. The van der Waals surface area contributed by atoms with Gasteiger partial charge in [0.2, 0.25) is 5.91 Å². The molecule has 2 heterocycles. The molecule has 1 amide bonds. The van der Waals surface area contributed by atoms with Gasteiger partial charge in [-0.15, -0.1) is 0 Å². The first kappa shape index (κ1) is 30.3. The van der Waals surface area contributed by atoms with E-state index in [2.05, 4.69) is 5.32 Å². The van der Waals surface area contributed by atoms with Crippen LogP contribution in [0.4, 0.5) is 0 Å². The van der Waals surface area contributed by atoms with Crippen LogP contribution in [-0.4, -0.2) is 110 Å². The van der Waals surface area contributed by atoms with Gasteiger partial charge in [-0.05, 0) is 6.42 Å². The third-order valence-corrected chi connectivity index (χ3v) is 3.70. The third-order valence-electron chi connectivity index (χ3n) is 3.70. The second-order valence-electron chi connectivity index (χ2n) is 5.79. The molecule has 6 atom stereocenters. The Balaban J connectivity index is -0.000000114. The van der Waals surface area contributed by atoms with Crippen molar-refractivity contribution in [1.29, 1.82) is 0 Å². The van der Waals surface area contributed by atoms with Crippen molar-refractivity contribution in [2.24, 2.45) is 0 Å². The maximum atomic E-state index is 10.7. The minimum absolute atomic E-state index is 0. The van der Waals surface area contributed by atoms with Crippen molar-refractivity contribution in [2.75, 3.05) is 19.8 Å². The monoisotopic (exact) mass is 409 g/mol. The highest BCUT2D eigenvalue weighted by molar-refractivity contribution is 5.73. The smallest absolute Gasteiger partial charge is 0.332 e. The Hall–Kier alpha value is -1.42. The summed E-state index contributed by atoms with van der Waals surface area (Å²) in [4.78, 5) is 21.0. The molecule has 0 aliphatic carbocycles. The van der Waals surface area contributed by atoms with Crippen LogP contribution in [0.1, 0.15) is 22.6 Å². The van der Waals surface area contributed by atoms with Crippen LogP contribution in [0.3, 0.4) is 0 Å². The van der Waals surface area contributed by atoms with Crippen molar-refractivity contribution >= 4 is 11.9 Å². The number of amides is 1. The number of carbonyl (C=O) groups is 2. The van der Waals surface area contributed by atoms with Crippen LogP contribution in [0, 0.1) is 0 Å². The van der Waals surface area contributed by atoms with Gasteiger partial charge in [-0.1, -0.05) is 0 Å². The van der Waals surface area contributed by atoms with Crippen LogP contribution < -0.4 is 5.32 Å². The molecule has 0 radical (unpaired) electrons. The molecule has 12 N–H and O–H groups in total. The van der Waals surface area contributed by atoms with Gasteiger partial charge in [0.05, 0.1) is 38.1 Å². The van der Waals surface area contributed by atoms with Gasteiger partial charge in [0.15, 0.2) is 6.10 Å². The van der Waals surface area contributed by atoms with Gasteiger partial charge < -0.3 is 56.8 Å². The molecule has 0 saturated carbocycles. The molecule has 2 rings (SSSR count). The van der Waals surface area contributed by atoms with Crippen molar-refractivity contribution in [3.8, 4) is 0 Å². The fraction of sp³-hybridized carbons (Fsp3) is 0.857. The van der Waals surface area contributed by atoms with E-state index in [-0.39, 0.29) is 50.9 Å². The highest BCUT2D eigenvalue weighted by Crippen LogP contribution is 2.14. The zero-order chi connectivity index (χ0) is 18.3. The van der Waals surface area contributed by atoms with Gasteiger partial charge in [0, 0.05) is 16.2 Å². The highest BCUT2D eigenvalue weighted by atomic mass is 16.5. The minimum Gasteiger partial charge on any atom is -0.479 e. The molecule has 0 aromatic heterocycles. The van der Waals surface area contributed by atoms with Crippen molar-refractivity contribution in [3.63, 3.8) is 0 Å². The predicted octanol–water partition coefficient (Wildman–Crippen LogP) is -4.77. The van der Waals surface area contributed by atoms with Gasteiger partial charge >= 0.3 is 5.97 Å². The molecular weight excluding hydrogens is 374 g/mol. The lowest BCUT2D eigenvalue weighted by atomic mass is 10.0. The molecule has 0 spiro atoms. The van der Waals surface area contributed by atoms with E-state index in [9.17, 15) is 14.7 Å². The quantitative estimate of drug-likeness (QED) is 0.261. The molecule has 0 aromatic carbocycles. The average Bonchev–Trinajstić information content (AvgIpc) is 2.50. The van der Waals surface area contributed by atoms with E-state index >= 15 is 0 Å². The molecule has 27 heavy (non-hydrogen) atoms. The zero-order valence-electron chi connectivity index (χ0n) is 14.9. The molecule has 2 fully saturated rings. The Labute approximate surface area is 158 Å². The lowest BCUT2D eigenvalue weighted by Crippen LogP contribution is -2.49. The van der Waals surface area contributed by atoms with E-state index < -0.39 is 36.5 Å². The highest BCUT2D eigenvalue weighted by Gasteiger charge is 2.32. The first-order valence-corrected chi connectivity index (χ1v) is 7.62. The van der Waals surface area contributed by atoms with E-state index in [0.717, 1.165) is 0 Å². The summed E-state index contributed by atoms with van der Waals surface area (Å²) in [5.74, 6) is -1.24. The van der Waals surface area contributed by atoms with E-state index in [0.29, 0.717) is 13.0 Å². The summed E-state index contributed by atoms with van der Waals surface area (Å²) in [5.41, 5.74) is 0. The van der Waals surface area contributed by atoms with Gasteiger partial charge in [-0.2, -0.15) is 0 Å². The maximum Gasteiger partial charge on any atom is 0.332 e. The molecule has 0 aromatic rings. The normalized spacial score (nSPS) is 32.2. The number of rotatable bonds is 3. The number of aliphatic carboxylic acids is 1. The fourth-order valence-electron chi connectivity index (χ4n) is 2.37. The molecule has 0 bridgehead atoms. The van der Waals surface area contributed by atoms with Crippen molar-refractivity contribution in [2.45, 2.75) is 56.3 Å². The second-order valence-corrected chi connectivity index (χ2v) is 5.79. The van der Waals surface area contributed by atoms with Gasteiger partial charge in [0.1, 0.15) is 12.2 Å². The fourth-order valence-corrected chi connectivity index (χ4v) is 2.37. The van der Waals surface area contributed by atoms with Gasteiger partial charge in [-0.3, -0.25) is 4.79 Å². The van der Waals surface area contributed by atoms with E-state index in [4.69, 9.17) is 29.9 Å². The Morgan fingerprint density at radius 1 is 1.00 bits per heavy atom. The molecule has 13 nitrogen and oxygen atoms in total. The largest absolute Gasteiger partial charge is 0.479 e. The first-order chi connectivity index (χ1) is 11.2. The first-order valence-electron chi connectivity index (χ1n) is 7.62. The molecule has 2 aliphatic heterocycles. The number of hydrogen-bond donors (Lipinski definition) is 6. The molecule has 4 unspecified atom stereocenters. The minimum atomic E-state index is -1.10. The predicted molar refractivity (Wildman–Crippen MR) is 94.1 cm³/mol. The number of carboxylic acid groups (broad SMARTS) is 1. The Morgan fingerprint density at radius 2 is 1.59 bits per heavy atom. The molecule has 168 valence electrons. The lowest BCUT2D eigenvalue weighted by molar-refractivity contribution is -0.168. The number of carboxylic acids is 1. The van der Waals surface area contributed by atoms with Crippen LogP contribution in [0.25, 0.3) is 0 Å². The van der Waals surface area contributed by atoms with Crippen LogP contribution in [-0.2, 0) is 19.1 Å². The summed E-state index contributed by atoms with van der Waals surface area (Å²) in [7, 11) is 0. The number of hydrogen-bond acceptors (Lipinski definition) is 8. The summed E-state index contributed by atoms with van der Waals surface area (Å²) in [5, 5.41) is 47.2. The van der Waals surface area contributed by atoms with Crippen molar-refractivity contribution in [3.05, 3.63) is 0 Å². The summed E-state index contributed by atoms with van der Waals surface area (Å²) >= 11 is 0. The van der Waals surface area contributed by atoms with Crippen LogP contribution in [0.15, 0.2) is 0 Å². The van der Waals surface area contributed by atoms with Crippen LogP contribution in [0.2, 0.25) is 0 Å². The van der Waals surface area contributed by atoms with E-state index in [1.807, 2.05) is 0 Å². The number of nitrogens with one attached hydrogen (secondary N) is 1.